The zero-order valence-corrected chi connectivity index (χ0v) is 13.9. The maximum Gasteiger partial charge on any atom is 0.305 e. The summed E-state index contributed by atoms with van der Waals surface area (Å²) in [5, 5.41) is 3.30. The Morgan fingerprint density at radius 3 is 2.80 bits per heavy atom. The number of rotatable bonds is 8. The van der Waals surface area contributed by atoms with Crippen molar-refractivity contribution in [1.29, 1.82) is 0 Å². The second-order valence-corrected chi connectivity index (χ2v) is 5.44. The van der Waals surface area contributed by atoms with Gasteiger partial charge in [0, 0.05) is 23.0 Å². The fraction of sp³-hybridized carbons (Fsp3) is 0.533. The number of hydrogen-bond acceptors (Lipinski definition) is 4. The van der Waals surface area contributed by atoms with Crippen LogP contribution in [-0.4, -0.2) is 26.2 Å². The van der Waals surface area contributed by atoms with Crippen molar-refractivity contribution in [3.8, 4) is 5.75 Å². The Labute approximate surface area is 129 Å². The monoisotopic (exact) mass is 343 g/mol. The number of aryl methyl sites for hydroxylation is 1. The number of hydrogen-bond donors (Lipinski definition) is 1. The van der Waals surface area contributed by atoms with Crippen LogP contribution in [0.2, 0.25) is 0 Å². The molecule has 0 fully saturated rings. The molecule has 0 unspecified atom stereocenters. The third-order valence-corrected chi connectivity index (χ3v) is 3.34. The van der Waals surface area contributed by atoms with E-state index in [-0.39, 0.29) is 5.97 Å². The van der Waals surface area contributed by atoms with E-state index in [1.165, 1.54) is 7.11 Å². The van der Waals surface area contributed by atoms with Gasteiger partial charge in [-0.25, -0.2) is 0 Å². The van der Waals surface area contributed by atoms with Crippen LogP contribution in [0.15, 0.2) is 16.6 Å². The molecule has 1 N–H and O–H groups in total. The van der Waals surface area contributed by atoms with Crippen molar-refractivity contribution in [2.75, 3.05) is 20.3 Å². The summed E-state index contributed by atoms with van der Waals surface area (Å²) in [4.78, 5) is 11.0. The van der Waals surface area contributed by atoms with Crippen LogP contribution in [0, 0.1) is 6.92 Å². The molecule has 0 aliphatic heterocycles. The Balaban J connectivity index is 2.64. The minimum absolute atomic E-state index is 0.200. The van der Waals surface area contributed by atoms with Crippen molar-refractivity contribution in [3.05, 3.63) is 27.7 Å². The highest BCUT2D eigenvalue weighted by Crippen LogP contribution is 2.28. The van der Waals surface area contributed by atoms with Crippen molar-refractivity contribution >= 4 is 21.9 Å². The summed E-state index contributed by atoms with van der Waals surface area (Å²) < 4.78 is 11.5. The Bertz CT molecular complexity index is 449. The van der Waals surface area contributed by atoms with Gasteiger partial charge in [0.15, 0.2) is 0 Å². The van der Waals surface area contributed by atoms with Gasteiger partial charge in [-0.15, -0.1) is 0 Å². The number of methoxy groups -OCH3 is 1. The average Bonchev–Trinajstić information content (AvgIpc) is 2.42. The van der Waals surface area contributed by atoms with E-state index < -0.39 is 0 Å². The van der Waals surface area contributed by atoms with Gasteiger partial charge in [0.05, 0.1) is 13.7 Å². The Kier molecular flexibility index (Phi) is 7.62. The van der Waals surface area contributed by atoms with Gasteiger partial charge in [-0.05, 0) is 37.6 Å². The minimum atomic E-state index is -0.200. The van der Waals surface area contributed by atoms with Crippen LogP contribution in [0.5, 0.6) is 5.75 Å². The molecule has 0 saturated carbocycles. The number of benzene rings is 1. The van der Waals surface area contributed by atoms with Crippen molar-refractivity contribution < 1.29 is 14.3 Å². The molecule has 0 spiro atoms. The first kappa shape index (κ1) is 17.0. The third kappa shape index (κ3) is 5.51. The SMILES string of the molecule is CCNCc1cc(Br)cc(C)c1OCCCC(=O)OC. The maximum atomic E-state index is 11.0. The highest BCUT2D eigenvalue weighted by atomic mass is 79.9. The van der Waals surface area contributed by atoms with Crippen molar-refractivity contribution in [2.45, 2.75) is 33.2 Å². The summed E-state index contributed by atoms with van der Waals surface area (Å²) in [6.07, 6.45) is 1.04. The molecule has 112 valence electrons. The largest absolute Gasteiger partial charge is 0.493 e. The van der Waals surface area contributed by atoms with Crippen LogP contribution >= 0.6 is 15.9 Å². The van der Waals surface area contributed by atoms with Gasteiger partial charge in [0.2, 0.25) is 0 Å². The van der Waals surface area contributed by atoms with Crippen LogP contribution in [0.1, 0.15) is 30.9 Å². The molecule has 0 bridgehead atoms. The molecule has 0 radical (unpaired) electrons. The number of ether oxygens (including phenoxy) is 2. The van der Waals surface area contributed by atoms with Crippen LogP contribution in [0.3, 0.4) is 0 Å². The van der Waals surface area contributed by atoms with Crippen LogP contribution < -0.4 is 10.1 Å². The molecule has 4 nitrogen and oxygen atoms in total. The second-order valence-electron chi connectivity index (χ2n) is 4.52. The van der Waals surface area contributed by atoms with Gasteiger partial charge in [-0.3, -0.25) is 4.79 Å². The number of nitrogens with one attached hydrogen (secondary N) is 1. The topological polar surface area (TPSA) is 47.6 Å². The lowest BCUT2D eigenvalue weighted by atomic mass is 10.1. The van der Waals surface area contributed by atoms with Gasteiger partial charge in [0.1, 0.15) is 5.75 Å². The quantitative estimate of drug-likeness (QED) is 0.581. The van der Waals surface area contributed by atoms with Crippen LogP contribution in [0.4, 0.5) is 0 Å². The molecular weight excluding hydrogens is 322 g/mol. The minimum Gasteiger partial charge on any atom is -0.493 e. The molecule has 1 aromatic carbocycles. The van der Waals surface area contributed by atoms with E-state index in [1.807, 2.05) is 13.0 Å². The molecule has 0 heterocycles. The molecule has 0 atom stereocenters. The summed E-state index contributed by atoms with van der Waals surface area (Å²) in [7, 11) is 1.40. The zero-order chi connectivity index (χ0) is 15.0. The normalized spacial score (nSPS) is 10.4. The number of halogens is 1. The molecule has 0 aliphatic carbocycles. The number of esters is 1. The van der Waals surface area contributed by atoms with Crippen molar-refractivity contribution in [1.82, 2.24) is 5.32 Å². The predicted octanol–water partition coefficient (Wildman–Crippen LogP) is 3.20. The van der Waals surface area contributed by atoms with Gasteiger partial charge < -0.3 is 14.8 Å². The standard InChI is InChI=1S/C15H22BrNO3/c1-4-17-10-12-9-13(16)8-11(2)15(12)20-7-5-6-14(18)19-3/h8-9,17H,4-7,10H2,1-3H3. The fourth-order valence-electron chi connectivity index (χ4n) is 1.89. The van der Waals surface area contributed by atoms with E-state index in [1.54, 1.807) is 0 Å². The zero-order valence-electron chi connectivity index (χ0n) is 12.3. The molecular formula is C15H22BrNO3. The molecule has 0 aliphatic rings. The summed E-state index contributed by atoms with van der Waals surface area (Å²) in [5.41, 5.74) is 2.21. The average molecular weight is 344 g/mol. The lowest BCUT2D eigenvalue weighted by Crippen LogP contribution is -2.14. The summed E-state index contributed by atoms with van der Waals surface area (Å²) in [5.74, 6) is 0.702. The molecule has 1 aromatic rings. The Morgan fingerprint density at radius 2 is 2.15 bits per heavy atom. The van der Waals surface area contributed by atoms with Gasteiger partial charge in [-0.2, -0.15) is 0 Å². The van der Waals surface area contributed by atoms with E-state index in [4.69, 9.17) is 4.74 Å². The van der Waals surface area contributed by atoms with E-state index in [0.29, 0.717) is 19.4 Å². The maximum absolute atomic E-state index is 11.0. The van der Waals surface area contributed by atoms with Gasteiger partial charge in [0.25, 0.3) is 0 Å². The first-order valence-corrected chi connectivity index (χ1v) is 7.57. The van der Waals surface area contributed by atoms with Gasteiger partial charge in [-0.1, -0.05) is 22.9 Å². The van der Waals surface area contributed by atoms with Crippen LogP contribution in [0.25, 0.3) is 0 Å². The molecule has 20 heavy (non-hydrogen) atoms. The Hall–Kier alpha value is -1.07. The molecule has 0 aromatic heterocycles. The van der Waals surface area contributed by atoms with Crippen LogP contribution in [-0.2, 0) is 16.1 Å². The highest BCUT2D eigenvalue weighted by Gasteiger charge is 2.09. The van der Waals surface area contributed by atoms with E-state index in [9.17, 15) is 4.79 Å². The predicted molar refractivity (Wildman–Crippen MR) is 83.0 cm³/mol. The van der Waals surface area contributed by atoms with Gasteiger partial charge >= 0.3 is 5.97 Å². The lowest BCUT2D eigenvalue weighted by Gasteiger charge is -2.15. The number of carbonyl (C=O) groups is 1. The first-order valence-electron chi connectivity index (χ1n) is 6.77. The highest BCUT2D eigenvalue weighted by molar-refractivity contribution is 9.10. The lowest BCUT2D eigenvalue weighted by molar-refractivity contribution is -0.140. The summed E-state index contributed by atoms with van der Waals surface area (Å²) >= 11 is 3.50. The fourth-order valence-corrected chi connectivity index (χ4v) is 2.51. The van der Waals surface area contributed by atoms with Crippen molar-refractivity contribution in [3.63, 3.8) is 0 Å². The smallest absolute Gasteiger partial charge is 0.305 e. The molecule has 1 rings (SSSR count). The Morgan fingerprint density at radius 1 is 1.40 bits per heavy atom. The summed E-state index contributed by atoms with van der Waals surface area (Å²) in [6.45, 7) is 6.28. The molecule has 0 saturated heterocycles. The van der Waals surface area contributed by atoms with E-state index in [0.717, 1.165) is 34.4 Å². The summed E-state index contributed by atoms with van der Waals surface area (Å²) in [6, 6.07) is 4.09. The number of carbonyl (C=O) groups excluding carboxylic acids is 1. The second kappa shape index (κ2) is 8.97. The molecule has 5 heteroatoms. The third-order valence-electron chi connectivity index (χ3n) is 2.88. The first-order chi connectivity index (χ1) is 9.58. The van der Waals surface area contributed by atoms with E-state index in [2.05, 4.69) is 39.0 Å². The van der Waals surface area contributed by atoms with Crippen molar-refractivity contribution in [2.24, 2.45) is 0 Å². The molecule has 0 amide bonds. The van der Waals surface area contributed by atoms with E-state index >= 15 is 0 Å².